The van der Waals surface area contributed by atoms with Gasteiger partial charge in [0.15, 0.2) is 0 Å². The molecule has 1 aromatic carbocycles. The number of anilines is 1. The average Bonchev–Trinajstić information content (AvgIpc) is 2.76. The lowest BCUT2D eigenvalue weighted by Crippen LogP contribution is -2.15. The molecule has 19 heavy (non-hydrogen) atoms. The summed E-state index contributed by atoms with van der Waals surface area (Å²) in [5.41, 5.74) is 6.50. The van der Waals surface area contributed by atoms with Crippen LogP contribution >= 0.6 is 0 Å². The highest BCUT2D eigenvalue weighted by Crippen LogP contribution is 2.24. The number of nitrogen functional groups attached to an aromatic ring is 1. The minimum atomic E-state index is -3.65. The summed E-state index contributed by atoms with van der Waals surface area (Å²) in [6.07, 6.45) is 1.34. The van der Waals surface area contributed by atoms with Crippen molar-refractivity contribution in [1.82, 2.24) is 9.19 Å². The summed E-state index contributed by atoms with van der Waals surface area (Å²) in [6, 6.07) is 8.27. The third-order valence-corrected chi connectivity index (χ3v) is 4.42. The number of rotatable bonds is 2. The highest BCUT2D eigenvalue weighted by Gasteiger charge is 2.19. The first kappa shape index (κ1) is 13.6. The van der Waals surface area contributed by atoms with Gasteiger partial charge in [0.2, 0.25) is 0 Å². The lowest BCUT2D eigenvalue weighted by atomic mass is 9.87. The predicted molar refractivity (Wildman–Crippen MR) is 74.4 cm³/mol. The fourth-order valence-electron chi connectivity index (χ4n) is 1.69. The smallest absolute Gasteiger partial charge is 0.283 e. The Morgan fingerprint density at radius 3 is 2.11 bits per heavy atom. The molecule has 1 heterocycles. The molecule has 0 fully saturated rings. The average molecular weight is 279 g/mol. The molecule has 6 heteroatoms. The first-order valence-electron chi connectivity index (χ1n) is 5.88. The Bertz CT molecular complexity index is 679. The molecule has 0 amide bonds. The van der Waals surface area contributed by atoms with E-state index in [-0.39, 0.29) is 16.1 Å². The van der Waals surface area contributed by atoms with Crippen LogP contribution in [0.5, 0.6) is 0 Å². The Balaban J connectivity index is 2.43. The van der Waals surface area contributed by atoms with Crippen molar-refractivity contribution in [3.8, 4) is 0 Å². The van der Waals surface area contributed by atoms with Crippen LogP contribution in [0.25, 0.3) is 0 Å². The second-order valence-electron chi connectivity index (χ2n) is 5.39. The Morgan fingerprint density at radius 1 is 1.11 bits per heavy atom. The number of hydrogen-bond acceptors (Lipinski definition) is 4. The number of aromatic nitrogens is 2. The Hall–Kier alpha value is -1.82. The van der Waals surface area contributed by atoms with Crippen molar-refractivity contribution in [3.63, 3.8) is 0 Å². The molecule has 0 aliphatic carbocycles. The summed E-state index contributed by atoms with van der Waals surface area (Å²) in [7, 11) is -3.65. The van der Waals surface area contributed by atoms with Crippen LogP contribution in [0.15, 0.2) is 41.4 Å². The maximum Gasteiger partial charge on any atom is 0.283 e. The largest absolute Gasteiger partial charge is 0.382 e. The van der Waals surface area contributed by atoms with Crippen molar-refractivity contribution in [2.45, 2.75) is 31.1 Å². The van der Waals surface area contributed by atoms with E-state index in [2.05, 4.69) is 25.9 Å². The Labute approximate surface area is 113 Å². The molecule has 0 atom stereocenters. The van der Waals surface area contributed by atoms with E-state index in [9.17, 15) is 8.42 Å². The van der Waals surface area contributed by atoms with E-state index < -0.39 is 10.0 Å². The van der Waals surface area contributed by atoms with Gasteiger partial charge in [-0.1, -0.05) is 32.9 Å². The first-order valence-corrected chi connectivity index (χ1v) is 7.32. The SMILES string of the molecule is CC(C)(C)c1ccc(S(=O)(=O)n2ccc(N)n2)cc1. The highest BCUT2D eigenvalue weighted by molar-refractivity contribution is 7.89. The van der Waals surface area contributed by atoms with E-state index in [0.717, 1.165) is 9.65 Å². The van der Waals surface area contributed by atoms with Gasteiger partial charge in [0.1, 0.15) is 5.82 Å². The molecule has 5 nitrogen and oxygen atoms in total. The summed E-state index contributed by atoms with van der Waals surface area (Å²) in [6.45, 7) is 6.22. The monoisotopic (exact) mass is 279 g/mol. The second kappa shape index (κ2) is 4.38. The van der Waals surface area contributed by atoms with Crippen LogP contribution in [-0.2, 0) is 15.4 Å². The quantitative estimate of drug-likeness (QED) is 0.912. The van der Waals surface area contributed by atoms with E-state index in [1.165, 1.54) is 12.3 Å². The molecule has 0 spiro atoms. The molecule has 0 saturated heterocycles. The fraction of sp³-hybridized carbons (Fsp3) is 0.308. The molecule has 0 radical (unpaired) electrons. The molecule has 0 unspecified atom stereocenters. The molecule has 1 aromatic heterocycles. The topological polar surface area (TPSA) is 78.0 Å². The van der Waals surface area contributed by atoms with Gasteiger partial charge in [0, 0.05) is 12.3 Å². The van der Waals surface area contributed by atoms with Crippen molar-refractivity contribution in [1.29, 1.82) is 0 Å². The molecule has 0 aliphatic heterocycles. The minimum absolute atomic E-state index is 0.0155. The summed E-state index contributed by atoms with van der Waals surface area (Å²) < 4.78 is 25.4. The maximum absolute atomic E-state index is 12.3. The van der Waals surface area contributed by atoms with Gasteiger partial charge < -0.3 is 5.73 Å². The lowest BCUT2D eigenvalue weighted by Gasteiger charge is -2.19. The molecule has 2 N–H and O–H groups in total. The Morgan fingerprint density at radius 2 is 1.68 bits per heavy atom. The minimum Gasteiger partial charge on any atom is -0.382 e. The van der Waals surface area contributed by atoms with Crippen molar-refractivity contribution in [3.05, 3.63) is 42.1 Å². The summed E-state index contributed by atoms with van der Waals surface area (Å²) in [4.78, 5) is 0.198. The van der Waals surface area contributed by atoms with E-state index in [1.807, 2.05) is 12.1 Å². The zero-order valence-electron chi connectivity index (χ0n) is 11.2. The van der Waals surface area contributed by atoms with Crippen LogP contribution in [0, 0.1) is 0 Å². The first-order chi connectivity index (χ1) is 8.71. The fourth-order valence-corrected chi connectivity index (χ4v) is 2.81. The van der Waals surface area contributed by atoms with Gasteiger partial charge in [-0.15, -0.1) is 5.10 Å². The molecule has 0 bridgehead atoms. The summed E-state index contributed by atoms with van der Waals surface area (Å²) >= 11 is 0. The second-order valence-corrected chi connectivity index (χ2v) is 7.19. The third kappa shape index (κ3) is 2.63. The van der Waals surface area contributed by atoms with Gasteiger partial charge in [0.05, 0.1) is 4.90 Å². The molecule has 2 aromatic rings. The molecular weight excluding hydrogens is 262 g/mol. The van der Waals surface area contributed by atoms with Gasteiger partial charge in [-0.3, -0.25) is 0 Å². The Kier molecular flexibility index (Phi) is 3.14. The van der Waals surface area contributed by atoms with Gasteiger partial charge in [-0.05, 0) is 23.1 Å². The zero-order valence-corrected chi connectivity index (χ0v) is 12.0. The van der Waals surface area contributed by atoms with Crippen LogP contribution < -0.4 is 5.73 Å². The maximum atomic E-state index is 12.3. The van der Waals surface area contributed by atoms with E-state index in [1.54, 1.807) is 12.1 Å². The molecule has 0 saturated carbocycles. The van der Waals surface area contributed by atoms with E-state index >= 15 is 0 Å². The van der Waals surface area contributed by atoms with Crippen LogP contribution in [0.3, 0.4) is 0 Å². The lowest BCUT2D eigenvalue weighted by molar-refractivity contribution is 0.577. The number of nitrogens with zero attached hydrogens (tertiary/aromatic N) is 2. The van der Waals surface area contributed by atoms with Crippen LogP contribution in [0.4, 0.5) is 5.82 Å². The van der Waals surface area contributed by atoms with Gasteiger partial charge in [-0.25, -0.2) is 0 Å². The number of nitrogens with two attached hydrogens (primary N) is 1. The van der Waals surface area contributed by atoms with Crippen molar-refractivity contribution in [2.75, 3.05) is 5.73 Å². The highest BCUT2D eigenvalue weighted by atomic mass is 32.2. The van der Waals surface area contributed by atoms with E-state index in [4.69, 9.17) is 5.73 Å². The van der Waals surface area contributed by atoms with Gasteiger partial charge in [-0.2, -0.15) is 12.5 Å². The van der Waals surface area contributed by atoms with Crippen molar-refractivity contribution in [2.24, 2.45) is 0 Å². The van der Waals surface area contributed by atoms with Crippen molar-refractivity contribution < 1.29 is 8.42 Å². The van der Waals surface area contributed by atoms with Crippen LogP contribution in [0.2, 0.25) is 0 Å². The van der Waals surface area contributed by atoms with Crippen LogP contribution in [-0.4, -0.2) is 17.6 Å². The van der Waals surface area contributed by atoms with Crippen LogP contribution in [0.1, 0.15) is 26.3 Å². The number of benzene rings is 1. The molecule has 2 rings (SSSR count). The van der Waals surface area contributed by atoms with Crippen molar-refractivity contribution >= 4 is 15.8 Å². The molecule has 102 valence electrons. The normalized spacial score (nSPS) is 12.6. The van der Waals surface area contributed by atoms with Gasteiger partial charge >= 0.3 is 0 Å². The molecular formula is C13H17N3O2S. The van der Waals surface area contributed by atoms with E-state index in [0.29, 0.717) is 0 Å². The summed E-state index contributed by atoms with van der Waals surface area (Å²) in [5, 5.41) is 3.74. The summed E-state index contributed by atoms with van der Waals surface area (Å²) in [5.74, 6) is 0.176. The zero-order chi connectivity index (χ0) is 14.3. The standard InChI is InChI=1S/C13H17N3O2S/c1-13(2,3)10-4-6-11(7-5-10)19(17,18)16-9-8-12(14)15-16/h4-9H,1-3H3,(H2,14,15). The predicted octanol–water partition coefficient (Wildman–Crippen LogP) is 2.00. The number of hydrogen-bond donors (Lipinski definition) is 1. The molecule has 0 aliphatic rings. The third-order valence-electron chi connectivity index (χ3n) is 2.85. The van der Waals surface area contributed by atoms with Gasteiger partial charge in [0.25, 0.3) is 10.0 Å².